The molecule has 0 spiro atoms. The van der Waals surface area contributed by atoms with E-state index in [9.17, 15) is 0 Å². The zero-order valence-corrected chi connectivity index (χ0v) is 9.12. The van der Waals surface area contributed by atoms with Crippen LogP contribution in [0.1, 0.15) is 5.56 Å². The van der Waals surface area contributed by atoms with Crippen LogP contribution >= 0.6 is 0 Å². The van der Waals surface area contributed by atoms with Gasteiger partial charge in [-0.25, -0.2) is 20.4 Å². The predicted octanol–water partition coefficient (Wildman–Crippen LogP) is 0.0439. The largest absolute Gasteiger partial charge is 0.346 e. The molecular formula is C10H14N2O5. The van der Waals surface area contributed by atoms with Crippen LogP contribution in [0.3, 0.4) is 0 Å². The van der Waals surface area contributed by atoms with E-state index < -0.39 is 6.48 Å². The summed E-state index contributed by atoms with van der Waals surface area (Å²) >= 11 is 0. The van der Waals surface area contributed by atoms with Gasteiger partial charge in [0.05, 0.1) is 0 Å². The number of isocyanates is 2. The third kappa shape index (κ3) is 56.8. The molecule has 94 valence electrons. The van der Waals surface area contributed by atoms with Gasteiger partial charge in [-0.2, -0.15) is 0 Å². The van der Waals surface area contributed by atoms with Crippen molar-refractivity contribution in [1.82, 2.24) is 0 Å². The molecule has 0 saturated heterocycles. The summed E-state index contributed by atoms with van der Waals surface area (Å²) in [6, 6.07) is 10.3. The van der Waals surface area contributed by atoms with E-state index in [-0.39, 0.29) is 0 Å². The zero-order valence-electron chi connectivity index (χ0n) is 9.12. The quantitative estimate of drug-likeness (QED) is 0.248. The molecule has 7 nitrogen and oxygen atoms in total. The van der Waals surface area contributed by atoms with Crippen molar-refractivity contribution in [3.63, 3.8) is 0 Å². The first-order chi connectivity index (χ1) is 7.95. The van der Waals surface area contributed by atoms with Gasteiger partial charge in [0.1, 0.15) is 0 Å². The van der Waals surface area contributed by atoms with Crippen molar-refractivity contribution in [2.75, 3.05) is 0 Å². The first-order valence-corrected chi connectivity index (χ1v) is 4.09. The van der Waals surface area contributed by atoms with Crippen molar-refractivity contribution >= 4 is 12.2 Å². The number of nitrogens with one attached hydrogen (secondary N) is 2. The molecule has 17 heavy (non-hydrogen) atoms. The molecule has 0 unspecified atom stereocenters. The Morgan fingerprint density at radius 1 is 1.00 bits per heavy atom. The van der Waals surface area contributed by atoms with E-state index in [1.807, 2.05) is 18.2 Å². The van der Waals surface area contributed by atoms with Gasteiger partial charge >= 0.3 is 0 Å². The number of aliphatic hydroxyl groups is 3. The molecule has 0 heterocycles. The first-order valence-electron chi connectivity index (χ1n) is 4.09. The lowest BCUT2D eigenvalue weighted by atomic mass is 10.2. The Labute approximate surface area is 98.0 Å². The Hall–Kier alpha value is -2.14. The second kappa shape index (κ2) is 19.4. The molecule has 0 fully saturated rings. The predicted molar refractivity (Wildman–Crippen MR) is 58.4 cm³/mol. The number of aliphatic hydroxyl groups excluding tert-OH is 1. The summed E-state index contributed by atoms with van der Waals surface area (Å²) in [4.78, 5) is 16.7. The third-order valence-corrected chi connectivity index (χ3v) is 0.940. The topological polar surface area (TPSA) is 143 Å². The van der Waals surface area contributed by atoms with Gasteiger partial charge in [0.15, 0.2) is 0 Å². The minimum absolute atomic E-state index is 0.750. The van der Waals surface area contributed by atoms with Crippen LogP contribution in [0.25, 0.3) is 0 Å². The summed E-state index contributed by atoms with van der Waals surface area (Å²) in [7, 11) is 0. The van der Waals surface area contributed by atoms with Gasteiger partial charge in [0.2, 0.25) is 12.2 Å². The number of aryl methyl sites for hydroxylation is 1. The summed E-state index contributed by atoms with van der Waals surface area (Å²) in [5, 5.41) is 32.3. The number of hydrogen-bond acceptors (Lipinski definition) is 7. The van der Waals surface area contributed by atoms with Crippen LogP contribution in [0.4, 0.5) is 0 Å². The number of benzene rings is 1. The molecule has 0 radical (unpaired) electrons. The van der Waals surface area contributed by atoms with Crippen LogP contribution < -0.4 is 0 Å². The average molecular weight is 242 g/mol. The molecule has 0 aromatic heterocycles. The van der Waals surface area contributed by atoms with Crippen LogP contribution in [-0.2, 0) is 9.59 Å². The highest BCUT2D eigenvalue weighted by Crippen LogP contribution is 1.92. The Balaban J connectivity index is -0.000000170. The molecule has 1 aromatic rings. The van der Waals surface area contributed by atoms with Crippen LogP contribution in [0, 0.1) is 17.7 Å². The zero-order chi connectivity index (χ0) is 14.1. The van der Waals surface area contributed by atoms with Crippen molar-refractivity contribution < 1.29 is 24.9 Å². The van der Waals surface area contributed by atoms with E-state index >= 15 is 0 Å². The van der Waals surface area contributed by atoms with Crippen LogP contribution in [0.5, 0.6) is 0 Å². The highest BCUT2D eigenvalue weighted by atomic mass is 16.6. The third-order valence-electron chi connectivity index (χ3n) is 0.940. The molecule has 0 aliphatic rings. The average Bonchev–Trinajstić information content (AvgIpc) is 2.20. The maximum Gasteiger partial charge on any atom is 0.263 e. The number of hydrogen-bond donors (Lipinski definition) is 5. The molecule has 0 amide bonds. The van der Waals surface area contributed by atoms with E-state index in [1.54, 1.807) is 0 Å². The standard InChI is InChI=1S/C7H8.2CHNO.CH4O3/c1-7-5-3-2-4-6-7;2*2-1-3;2-1(3)4/h2-6H,1H3;2*2H;1-4H. The van der Waals surface area contributed by atoms with E-state index in [4.69, 9.17) is 35.7 Å². The van der Waals surface area contributed by atoms with E-state index in [0.717, 1.165) is 12.2 Å². The number of rotatable bonds is 0. The summed E-state index contributed by atoms with van der Waals surface area (Å²) < 4.78 is 0. The first kappa shape index (κ1) is 20.3. The summed E-state index contributed by atoms with van der Waals surface area (Å²) in [6.45, 7) is -0.0833. The second-order valence-corrected chi connectivity index (χ2v) is 2.21. The molecule has 0 saturated carbocycles. The van der Waals surface area contributed by atoms with Gasteiger partial charge in [-0.15, -0.1) is 0 Å². The van der Waals surface area contributed by atoms with Gasteiger partial charge in [-0.05, 0) is 6.92 Å². The fourth-order valence-electron chi connectivity index (χ4n) is 0.534. The summed E-state index contributed by atoms with van der Waals surface area (Å²) in [5.41, 5.74) is 1.32. The molecule has 1 rings (SSSR count). The van der Waals surface area contributed by atoms with Gasteiger partial charge in [-0.1, -0.05) is 35.9 Å². The van der Waals surface area contributed by atoms with Gasteiger partial charge in [-0.3, -0.25) is 0 Å². The minimum atomic E-state index is -2.17. The van der Waals surface area contributed by atoms with Crippen molar-refractivity contribution in [3.8, 4) is 0 Å². The van der Waals surface area contributed by atoms with Crippen LogP contribution in [0.2, 0.25) is 0 Å². The van der Waals surface area contributed by atoms with Gasteiger partial charge in [0, 0.05) is 0 Å². The lowest BCUT2D eigenvalue weighted by molar-refractivity contribution is -0.198. The Kier molecular flexibility index (Phi) is 23.2. The molecule has 7 heteroatoms. The highest BCUT2D eigenvalue weighted by molar-refractivity contribution is 5.26. The lowest BCUT2D eigenvalue weighted by Crippen LogP contribution is -1.98. The molecule has 0 aliphatic carbocycles. The van der Waals surface area contributed by atoms with Crippen LogP contribution in [0.15, 0.2) is 30.3 Å². The van der Waals surface area contributed by atoms with E-state index in [0.29, 0.717) is 0 Å². The molecule has 0 aliphatic heterocycles. The van der Waals surface area contributed by atoms with Crippen LogP contribution in [-0.4, -0.2) is 34.0 Å². The van der Waals surface area contributed by atoms with E-state index in [1.165, 1.54) is 5.56 Å². The van der Waals surface area contributed by atoms with Crippen molar-refractivity contribution in [1.29, 1.82) is 10.8 Å². The monoisotopic (exact) mass is 242 g/mol. The molecular weight excluding hydrogens is 228 g/mol. The normalized spacial score (nSPS) is 6.65. The second-order valence-electron chi connectivity index (χ2n) is 2.21. The van der Waals surface area contributed by atoms with Crippen molar-refractivity contribution in [2.45, 2.75) is 13.4 Å². The maximum atomic E-state index is 8.35. The van der Waals surface area contributed by atoms with Gasteiger partial charge < -0.3 is 15.3 Å². The minimum Gasteiger partial charge on any atom is -0.346 e. The van der Waals surface area contributed by atoms with E-state index in [2.05, 4.69) is 19.1 Å². The molecule has 1 aromatic carbocycles. The molecule has 0 atom stereocenters. The lowest BCUT2D eigenvalue weighted by Gasteiger charge is -1.82. The fraction of sp³-hybridized carbons (Fsp3) is 0.200. The molecule has 5 N–H and O–H groups in total. The Morgan fingerprint density at radius 2 is 1.24 bits per heavy atom. The summed E-state index contributed by atoms with van der Waals surface area (Å²) in [5.74, 6) is 0. The summed E-state index contributed by atoms with van der Waals surface area (Å²) in [6.07, 6.45) is 1.50. The SMILES string of the molecule is Cc1ccccc1.N=C=O.N=C=O.OC(O)O. The fourth-order valence-corrected chi connectivity index (χ4v) is 0.534. The van der Waals surface area contributed by atoms with Gasteiger partial charge in [0.25, 0.3) is 6.48 Å². The Morgan fingerprint density at radius 3 is 1.35 bits per heavy atom. The smallest absolute Gasteiger partial charge is 0.263 e. The Bertz CT molecular complexity index is 300. The maximum absolute atomic E-state index is 8.35. The van der Waals surface area contributed by atoms with Crippen molar-refractivity contribution in [3.05, 3.63) is 35.9 Å². The van der Waals surface area contributed by atoms with Crippen molar-refractivity contribution in [2.24, 2.45) is 0 Å². The highest BCUT2D eigenvalue weighted by Gasteiger charge is 1.72. The molecule has 0 bridgehead atoms. The number of carbonyl (C=O) groups excluding carboxylic acids is 2.